The van der Waals surface area contributed by atoms with E-state index in [1.807, 2.05) is 20.8 Å². The van der Waals surface area contributed by atoms with Crippen LogP contribution in [0.15, 0.2) is 23.1 Å². The van der Waals surface area contributed by atoms with Crippen molar-refractivity contribution in [3.05, 3.63) is 29.6 Å². The summed E-state index contributed by atoms with van der Waals surface area (Å²) in [7, 11) is -3.81. The Kier molecular flexibility index (Phi) is 5.46. The Morgan fingerprint density at radius 1 is 1.32 bits per heavy atom. The van der Waals surface area contributed by atoms with Crippen molar-refractivity contribution in [3.8, 4) is 0 Å². The van der Waals surface area contributed by atoms with Crippen LogP contribution in [0.2, 0.25) is 0 Å². The fourth-order valence-electron chi connectivity index (χ4n) is 1.44. The van der Waals surface area contributed by atoms with Crippen LogP contribution in [-0.2, 0) is 16.6 Å². The van der Waals surface area contributed by atoms with Crippen LogP contribution in [0.25, 0.3) is 0 Å². The van der Waals surface area contributed by atoms with Crippen molar-refractivity contribution in [2.45, 2.75) is 32.2 Å². The molecule has 0 bridgehead atoms. The average molecular weight is 288 g/mol. The Bertz CT molecular complexity index is 529. The second-order valence-corrected chi connectivity index (χ2v) is 6.78. The van der Waals surface area contributed by atoms with E-state index in [1.54, 1.807) is 0 Å². The summed E-state index contributed by atoms with van der Waals surface area (Å²) in [5, 5.41) is 0. The zero-order valence-electron chi connectivity index (χ0n) is 11.5. The van der Waals surface area contributed by atoms with Gasteiger partial charge in [0.15, 0.2) is 0 Å². The van der Waals surface area contributed by atoms with Gasteiger partial charge in [-0.3, -0.25) is 0 Å². The van der Waals surface area contributed by atoms with E-state index in [1.165, 1.54) is 12.1 Å². The molecule has 108 valence electrons. The molecule has 6 heteroatoms. The minimum Gasteiger partial charge on any atom is -0.326 e. The third kappa shape index (κ3) is 4.26. The summed E-state index contributed by atoms with van der Waals surface area (Å²) in [5.41, 5.74) is 5.94. The number of nitrogens with two attached hydrogens (primary N) is 1. The molecule has 0 aliphatic heterocycles. The van der Waals surface area contributed by atoms with Crippen molar-refractivity contribution in [1.82, 2.24) is 4.72 Å². The number of sulfonamides is 1. The summed E-state index contributed by atoms with van der Waals surface area (Å²) < 4.78 is 40.2. The van der Waals surface area contributed by atoms with Crippen molar-refractivity contribution in [2.24, 2.45) is 17.6 Å². The van der Waals surface area contributed by atoms with Crippen molar-refractivity contribution in [1.29, 1.82) is 0 Å². The van der Waals surface area contributed by atoms with E-state index in [2.05, 4.69) is 4.72 Å². The number of rotatable bonds is 6. The van der Waals surface area contributed by atoms with Gasteiger partial charge in [0.2, 0.25) is 10.0 Å². The Hall–Kier alpha value is -0.980. The molecular weight excluding hydrogens is 267 g/mol. The molecule has 0 fully saturated rings. The van der Waals surface area contributed by atoms with Gasteiger partial charge in [0.25, 0.3) is 0 Å². The topological polar surface area (TPSA) is 72.2 Å². The summed E-state index contributed by atoms with van der Waals surface area (Å²) in [6.45, 7) is 6.43. The van der Waals surface area contributed by atoms with Crippen LogP contribution in [0, 0.1) is 17.7 Å². The summed E-state index contributed by atoms with van der Waals surface area (Å²) in [6, 6.07) is 3.92. The molecule has 0 saturated heterocycles. The lowest BCUT2D eigenvalue weighted by Crippen LogP contribution is -2.30. The zero-order chi connectivity index (χ0) is 14.6. The lowest BCUT2D eigenvalue weighted by atomic mass is 9.99. The molecule has 4 nitrogen and oxygen atoms in total. The fraction of sp³-hybridized carbons (Fsp3) is 0.538. The van der Waals surface area contributed by atoms with Crippen LogP contribution in [0.4, 0.5) is 4.39 Å². The largest absolute Gasteiger partial charge is 0.326 e. The molecule has 0 spiro atoms. The van der Waals surface area contributed by atoms with Crippen molar-refractivity contribution < 1.29 is 12.8 Å². The second kappa shape index (κ2) is 6.45. The zero-order valence-corrected chi connectivity index (χ0v) is 12.3. The highest BCUT2D eigenvalue weighted by molar-refractivity contribution is 7.89. The molecule has 3 N–H and O–H groups in total. The quantitative estimate of drug-likeness (QED) is 0.839. The molecule has 1 unspecified atom stereocenters. The van der Waals surface area contributed by atoms with Crippen LogP contribution in [0.5, 0.6) is 0 Å². The molecule has 0 aromatic heterocycles. The van der Waals surface area contributed by atoms with Gasteiger partial charge < -0.3 is 5.73 Å². The standard InChI is InChI=1S/C13H21FN2O2S/c1-9(2)10(3)8-16-19(17,18)13-5-4-11(7-15)6-12(13)14/h4-6,9-10,16H,7-8,15H2,1-3H3. The maximum absolute atomic E-state index is 13.7. The third-order valence-corrected chi connectivity index (χ3v) is 4.71. The molecule has 0 heterocycles. The number of benzene rings is 1. The van der Waals surface area contributed by atoms with Crippen molar-refractivity contribution >= 4 is 10.0 Å². The van der Waals surface area contributed by atoms with Crippen LogP contribution in [0.3, 0.4) is 0 Å². The molecule has 1 rings (SSSR count). The Labute approximate surface area is 114 Å². The highest BCUT2D eigenvalue weighted by Gasteiger charge is 2.20. The monoisotopic (exact) mass is 288 g/mol. The molecule has 0 radical (unpaired) electrons. The van der Waals surface area contributed by atoms with E-state index in [0.717, 1.165) is 6.07 Å². The van der Waals surface area contributed by atoms with E-state index in [9.17, 15) is 12.8 Å². The molecule has 0 aliphatic carbocycles. The van der Waals surface area contributed by atoms with Crippen LogP contribution in [0.1, 0.15) is 26.3 Å². The third-order valence-electron chi connectivity index (χ3n) is 3.25. The summed E-state index contributed by atoms with van der Waals surface area (Å²) in [5.74, 6) is -0.235. The van der Waals surface area contributed by atoms with Gasteiger partial charge in [-0.25, -0.2) is 17.5 Å². The molecular formula is C13H21FN2O2S. The van der Waals surface area contributed by atoms with E-state index < -0.39 is 15.8 Å². The fourth-order valence-corrected chi connectivity index (χ4v) is 2.64. The summed E-state index contributed by atoms with van der Waals surface area (Å²) >= 11 is 0. The van der Waals surface area contributed by atoms with Gasteiger partial charge in [0, 0.05) is 13.1 Å². The van der Waals surface area contributed by atoms with E-state index in [-0.39, 0.29) is 23.9 Å². The first-order valence-corrected chi connectivity index (χ1v) is 7.74. The van der Waals surface area contributed by atoms with Gasteiger partial charge in [0.05, 0.1) is 0 Å². The highest BCUT2D eigenvalue weighted by Crippen LogP contribution is 2.17. The smallest absolute Gasteiger partial charge is 0.243 e. The predicted octanol–water partition coefficient (Wildman–Crippen LogP) is 1.85. The lowest BCUT2D eigenvalue weighted by molar-refractivity contribution is 0.414. The van der Waals surface area contributed by atoms with Gasteiger partial charge in [-0.1, -0.05) is 26.8 Å². The molecule has 0 saturated carbocycles. The lowest BCUT2D eigenvalue weighted by Gasteiger charge is -2.16. The summed E-state index contributed by atoms with van der Waals surface area (Å²) in [6.07, 6.45) is 0. The first-order valence-electron chi connectivity index (χ1n) is 6.26. The van der Waals surface area contributed by atoms with Crippen molar-refractivity contribution in [3.63, 3.8) is 0 Å². The SMILES string of the molecule is CC(C)C(C)CNS(=O)(=O)c1ccc(CN)cc1F. The minimum atomic E-state index is -3.81. The number of halogens is 1. The number of nitrogens with one attached hydrogen (secondary N) is 1. The molecule has 1 atom stereocenters. The Morgan fingerprint density at radius 2 is 1.95 bits per heavy atom. The number of hydrogen-bond acceptors (Lipinski definition) is 3. The predicted molar refractivity (Wildman–Crippen MR) is 73.5 cm³/mol. The minimum absolute atomic E-state index is 0.176. The van der Waals surface area contributed by atoms with E-state index >= 15 is 0 Å². The molecule has 0 aliphatic rings. The average Bonchev–Trinajstić information content (AvgIpc) is 2.35. The molecule has 1 aromatic carbocycles. The summed E-state index contributed by atoms with van der Waals surface area (Å²) in [4.78, 5) is -0.333. The van der Waals surface area contributed by atoms with Crippen LogP contribution >= 0.6 is 0 Å². The second-order valence-electron chi connectivity index (χ2n) is 5.04. The van der Waals surface area contributed by atoms with Crippen LogP contribution < -0.4 is 10.5 Å². The van der Waals surface area contributed by atoms with Crippen LogP contribution in [-0.4, -0.2) is 15.0 Å². The highest BCUT2D eigenvalue weighted by atomic mass is 32.2. The van der Waals surface area contributed by atoms with Crippen molar-refractivity contribution in [2.75, 3.05) is 6.54 Å². The number of hydrogen-bond donors (Lipinski definition) is 2. The maximum Gasteiger partial charge on any atom is 0.243 e. The molecule has 1 aromatic rings. The Balaban J connectivity index is 2.89. The van der Waals surface area contributed by atoms with Gasteiger partial charge >= 0.3 is 0 Å². The molecule has 19 heavy (non-hydrogen) atoms. The molecule has 0 amide bonds. The maximum atomic E-state index is 13.7. The normalized spacial score (nSPS) is 13.8. The Morgan fingerprint density at radius 3 is 2.42 bits per heavy atom. The van der Waals surface area contributed by atoms with Gasteiger partial charge in [-0.05, 0) is 29.5 Å². The van der Waals surface area contributed by atoms with Gasteiger partial charge in [-0.15, -0.1) is 0 Å². The van der Waals surface area contributed by atoms with Gasteiger partial charge in [-0.2, -0.15) is 0 Å². The van der Waals surface area contributed by atoms with E-state index in [0.29, 0.717) is 11.5 Å². The first-order chi connectivity index (χ1) is 8.77. The van der Waals surface area contributed by atoms with Gasteiger partial charge in [0.1, 0.15) is 10.7 Å². The van der Waals surface area contributed by atoms with E-state index in [4.69, 9.17) is 5.73 Å². The first kappa shape index (κ1) is 16.1.